The summed E-state index contributed by atoms with van der Waals surface area (Å²) in [4.78, 5) is 12.4. The molecule has 26 heavy (non-hydrogen) atoms. The van der Waals surface area contributed by atoms with Gasteiger partial charge in [-0.2, -0.15) is 0 Å². The maximum atomic E-state index is 12.4. The van der Waals surface area contributed by atoms with Gasteiger partial charge in [-0.05, 0) is 30.3 Å². The molecule has 1 N–H and O–H groups in total. The Kier molecular flexibility index (Phi) is 5.02. The number of hydrogen-bond donors (Lipinski definition) is 1. The summed E-state index contributed by atoms with van der Waals surface area (Å²) in [6.07, 6.45) is 0. The second-order valence-electron chi connectivity index (χ2n) is 5.20. The normalized spacial score (nSPS) is 10.3. The summed E-state index contributed by atoms with van der Waals surface area (Å²) < 4.78 is 21.0. The van der Waals surface area contributed by atoms with Crippen LogP contribution in [0, 0.1) is 0 Å². The van der Waals surface area contributed by atoms with Gasteiger partial charge >= 0.3 is 6.01 Å². The molecular formula is C18H17N3O5. The second kappa shape index (κ2) is 7.56. The average molecular weight is 355 g/mol. The van der Waals surface area contributed by atoms with Crippen molar-refractivity contribution in [2.75, 3.05) is 26.6 Å². The van der Waals surface area contributed by atoms with E-state index in [9.17, 15) is 4.79 Å². The number of amides is 1. The average Bonchev–Trinajstić information content (AvgIpc) is 3.16. The van der Waals surface area contributed by atoms with Crippen LogP contribution in [-0.4, -0.2) is 37.4 Å². The van der Waals surface area contributed by atoms with E-state index >= 15 is 0 Å². The maximum Gasteiger partial charge on any atom is 0.322 e. The van der Waals surface area contributed by atoms with E-state index in [4.69, 9.17) is 18.6 Å². The van der Waals surface area contributed by atoms with Crippen molar-refractivity contribution in [3.8, 4) is 28.7 Å². The van der Waals surface area contributed by atoms with Crippen LogP contribution in [-0.2, 0) is 0 Å². The maximum absolute atomic E-state index is 12.4. The zero-order valence-electron chi connectivity index (χ0n) is 14.5. The van der Waals surface area contributed by atoms with Gasteiger partial charge in [-0.1, -0.05) is 11.2 Å². The van der Waals surface area contributed by atoms with E-state index in [1.54, 1.807) is 49.6 Å². The number of carbonyl (C=O) groups is 1. The molecule has 0 aliphatic rings. The molecule has 1 aromatic heterocycles. The molecule has 1 heterocycles. The molecule has 0 radical (unpaired) electrons. The molecular weight excluding hydrogens is 338 g/mol. The highest BCUT2D eigenvalue weighted by Gasteiger charge is 2.15. The summed E-state index contributed by atoms with van der Waals surface area (Å²) in [6.45, 7) is 0. The van der Waals surface area contributed by atoms with Gasteiger partial charge in [-0.25, -0.2) is 0 Å². The molecule has 134 valence electrons. The third-order valence-electron chi connectivity index (χ3n) is 3.58. The largest absolute Gasteiger partial charge is 0.497 e. The summed E-state index contributed by atoms with van der Waals surface area (Å²) >= 11 is 0. The number of aromatic nitrogens is 2. The van der Waals surface area contributed by atoms with E-state index in [1.807, 2.05) is 0 Å². The fourth-order valence-corrected chi connectivity index (χ4v) is 2.25. The van der Waals surface area contributed by atoms with Gasteiger partial charge in [-0.3, -0.25) is 10.1 Å². The molecule has 0 aliphatic carbocycles. The minimum absolute atomic E-state index is 0.0189. The van der Waals surface area contributed by atoms with E-state index in [0.29, 0.717) is 28.4 Å². The Hall–Kier alpha value is -3.55. The molecule has 2 aromatic carbocycles. The number of carbonyl (C=O) groups excluding carboxylic acids is 1. The summed E-state index contributed by atoms with van der Waals surface area (Å²) in [6, 6.07) is 12.0. The molecule has 1 amide bonds. The number of methoxy groups -OCH3 is 3. The van der Waals surface area contributed by atoms with Gasteiger partial charge in [0.1, 0.15) is 17.2 Å². The quantitative estimate of drug-likeness (QED) is 0.726. The monoisotopic (exact) mass is 355 g/mol. The van der Waals surface area contributed by atoms with Crippen molar-refractivity contribution in [1.29, 1.82) is 0 Å². The van der Waals surface area contributed by atoms with Gasteiger partial charge in [0.25, 0.3) is 5.91 Å². The molecule has 0 unspecified atom stereocenters. The van der Waals surface area contributed by atoms with Crippen LogP contribution < -0.4 is 19.5 Å². The first kappa shape index (κ1) is 17.3. The fraction of sp³-hybridized carbons (Fsp3) is 0.167. The van der Waals surface area contributed by atoms with Crippen LogP contribution in [0.15, 0.2) is 46.9 Å². The molecule has 0 saturated heterocycles. The Morgan fingerprint density at radius 1 is 0.923 bits per heavy atom. The standard InChI is InChI=1S/C18H17N3O5/c1-23-13-6-4-5-11(7-13)17-20-21-18(26-17)19-16(22)12-8-14(24-2)10-15(9-12)25-3/h4-10H,1-3H3,(H,19,21,22). The third kappa shape index (κ3) is 3.75. The van der Waals surface area contributed by atoms with Crippen LogP contribution in [0.25, 0.3) is 11.5 Å². The van der Waals surface area contributed by atoms with Crippen molar-refractivity contribution in [3.63, 3.8) is 0 Å². The minimum Gasteiger partial charge on any atom is -0.497 e. The molecule has 0 aliphatic heterocycles. The highest BCUT2D eigenvalue weighted by Crippen LogP contribution is 2.25. The van der Waals surface area contributed by atoms with Gasteiger partial charge in [0.15, 0.2) is 0 Å². The van der Waals surface area contributed by atoms with Crippen LogP contribution in [0.1, 0.15) is 10.4 Å². The predicted octanol–water partition coefficient (Wildman–Crippen LogP) is 3.01. The zero-order chi connectivity index (χ0) is 18.5. The van der Waals surface area contributed by atoms with Crippen molar-refractivity contribution in [1.82, 2.24) is 10.2 Å². The van der Waals surface area contributed by atoms with Crippen molar-refractivity contribution >= 4 is 11.9 Å². The lowest BCUT2D eigenvalue weighted by Crippen LogP contribution is -2.12. The van der Waals surface area contributed by atoms with Gasteiger partial charge < -0.3 is 18.6 Å². The Bertz CT molecular complexity index is 900. The van der Waals surface area contributed by atoms with E-state index < -0.39 is 5.91 Å². The van der Waals surface area contributed by atoms with Crippen molar-refractivity contribution in [2.45, 2.75) is 0 Å². The number of nitrogens with zero attached hydrogens (tertiary/aromatic N) is 2. The first-order valence-electron chi connectivity index (χ1n) is 7.65. The molecule has 8 heteroatoms. The van der Waals surface area contributed by atoms with E-state index in [1.165, 1.54) is 14.2 Å². The Morgan fingerprint density at radius 2 is 1.62 bits per heavy atom. The topological polar surface area (TPSA) is 95.7 Å². The summed E-state index contributed by atoms with van der Waals surface area (Å²) in [5, 5.41) is 10.3. The Morgan fingerprint density at radius 3 is 2.27 bits per heavy atom. The van der Waals surface area contributed by atoms with Gasteiger partial charge in [-0.15, -0.1) is 5.10 Å². The van der Waals surface area contributed by atoms with Gasteiger partial charge in [0, 0.05) is 17.2 Å². The number of ether oxygens (including phenoxy) is 3. The Labute approximate surface area is 149 Å². The summed E-state index contributed by atoms with van der Waals surface area (Å²) in [7, 11) is 4.59. The predicted molar refractivity (Wildman–Crippen MR) is 93.8 cm³/mol. The number of hydrogen-bond acceptors (Lipinski definition) is 7. The zero-order valence-corrected chi connectivity index (χ0v) is 14.5. The van der Waals surface area contributed by atoms with Crippen LogP contribution in [0.2, 0.25) is 0 Å². The number of rotatable bonds is 6. The van der Waals surface area contributed by atoms with E-state index in [0.717, 1.165) is 0 Å². The molecule has 0 spiro atoms. The van der Waals surface area contributed by atoms with Crippen LogP contribution in [0.5, 0.6) is 17.2 Å². The van der Waals surface area contributed by atoms with E-state index in [-0.39, 0.29) is 11.9 Å². The molecule has 3 rings (SSSR count). The smallest absolute Gasteiger partial charge is 0.322 e. The lowest BCUT2D eigenvalue weighted by atomic mass is 10.2. The first-order chi connectivity index (χ1) is 12.6. The molecule has 0 saturated carbocycles. The lowest BCUT2D eigenvalue weighted by Gasteiger charge is -2.07. The molecule has 3 aromatic rings. The van der Waals surface area contributed by atoms with Crippen molar-refractivity contribution in [3.05, 3.63) is 48.0 Å². The van der Waals surface area contributed by atoms with E-state index in [2.05, 4.69) is 15.5 Å². The second-order valence-corrected chi connectivity index (χ2v) is 5.20. The lowest BCUT2D eigenvalue weighted by molar-refractivity contribution is 0.102. The molecule has 0 atom stereocenters. The Balaban J connectivity index is 1.79. The molecule has 0 bridgehead atoms. The number of nitrogens with one attached hydrogen (secondary N) is 1. The minimum atomic E-state index is -0.428. The van der Waals surface area contributed by atoms with Gasteiger partial charge in [0.05, 0.1) is 21.3 Å². The molecule has 8 nitrogen and oxygen atoms in total. The highest BCUT2D eigenvalue weighted by atomic mass is 16.5. The fourth-order valence-electron chi connectivity index (χ4n) is 2.25. The third-order valence-corrected chi connectivity index (χ3v) is 3.58. The van der Waals surface area contributed by atoms with Crippen LogP contribution in [0.3, 0.4) is 0 Å². The summed E-state index contributed by atoms with van der Waals surface area (Å²) in [5.74, 6) is 1.49. The highest BCUT2D eigenvalue weighted by molar-refractivity contribution is 6.03. The van der Waals surface area contributed by atoms with Crippen LogP contribution >= 0.6 is 0 Å². The van der Waals surface area contributed by atoms with Crippen molar-refractivity contribution < 1.29 is 23.4 Å². The van der Waals surface area contributed by atoms with Crippen LogP contribution in [0.4, 0.5) is 6.01 Å². The summed E-state index contributed by atoms with van der Waals surface area (Å²) in [5.41, 5.74) is 1.02. The van der Waals surface area contributed by atoms with Crippen molar-refractivity contribution in [2.24, 2.45) is 0 Å². The first-order valence-corrected chi connectivity index (χ1v) is 7.65. The number of benzene rings is 2. The van der Waals surface area contributed by atoms with Gasteiger partial charge in [0.2, 0.25) is 5.89 Å². The number of anilines is 1. The SMILES string of the molecule is COc1cc(OC)cc(C(=O)Nc2nnc(-c3cccc(OC)c3)o2)c1. The molecule has 0 fully saturated rings.